The molecule has 7 heteroatoms. The number of fused-ring (bicyclic) bond motifs is 4. The zero-order valence-corrected chi connectivity index (χ0v) is 21.3. The van der Waals surface area contributed by atoms with Crippen molar-refractivity contribution in [3.63, 3.8) is 0 Å². The van der Waals surface area contributed by atoms with Gasteiger partial charge >= 0.3 is 11.9 Å². The van der Waals surface area contributed by atoms with Gasteiger partial charge in [0.2, 0.25) is 0 Å². The van der Waals surface area contributed by atoms with Gasteiger partial charge in [-0.3, -0.25) is 19.2 Å². The Morgan fingerprint density at radius 2 is 1.71 bits per heavy atom. The van der Waals surface area contributed by atoms with Crippen LogP contribution in [0.3, 0.4) is 0 Å². The minimum absolute atomic E-state index is 0.118. The van der Waals surface area contributed by atoms with Crippen LogP contribution in [0.1, 0.15) is 60.3 Å². The summed E-state index contributed by atoms with van der Waals surface area (Å²) in [6.07, 6.45) is 3.03. The predicted molar refractivity (Wildman–Crippen MR) is 125 cm³/mol. The van der Waals surface area contributed by atoms with Crippen molar-refractivity contribution >= 4 is 23.5 Å². The molecule has 0 heterocycles. The molecule has 3 rings (SSSR count). The summed E-state index contributed by atoms with van der Waals surface area (Å²) >= 11 is 0. The minimum atomic E-state index is -2.36. The maximum absolute atomic E-state index is 14.0. The molecule has 3 aliphatic carbocycles. The van der Waals surface area contributed by atoms with Crippen molar-refractivity contribution in [1.29, 1.82) is 0 Å². The van der Waals surface area contributed by atoms with E-state index in [1.807, 2.05) is 26.8 Å². The summed E-state index contributed by atoms with van der Waals surface area (Å²) in [6.45, 7) is 16.8. The summed E-state index contributed by atoms with van der Waals surface area (Å²) < 4.78 is 10.1. The number of carbonyl (C=O) groups excluding carboxylic acids is 4. The Morgan fingerprint density at radius 3 is 2.21 bits per heavy atom. The molecule has 0 unspecified atom stereocenters. The van der Waals surface area contributed by atoms with Crippen molar-refractivity contribution in [2.24, 2.45) is 27.6 Å². The van der Waals surface area contributed by atoms with Crippen LogP contribution < -0.4 is 0 Å². The Labute approximate surface area is 201 Å². The van der Waals surface area contributed by atoms with Crippen LogP contribution >= 0.6 is 0 Å². The third-order valence-electron chi connectivity index (χ3n) is 9.22. The number of esters is 2. The van der Waals surface area contributed by atoms with Crippen molar-refractivity contribution in [3.8, 4) is 0 Å². The molecule has 7 nitrogen and oxygen atoms in total. The first-order valence-electron chi connectivity index (χ1n) is 11.6. The van der Waals surface area contributed by atoms with Crippen LogP contribution in [0.4, 0.5) is 0 Å². The molecule has 2 bridgehead atoms. The molecule has 0 aromatic carbocycles. The van der Waals surface area contributed by atoms with Crippen LogP contribution in [-0.2, 0) is 28.7 Å². The van der Waals surface area contributed by atoms with Gasteiger partial charge in [0.15, 0.2) is 22.6 Å². The van der Waals surface area contributed by atoms with Crippen molar-refractivity contribution in [2.45, 2.75) is 65.9 Å². The van der Waals surface area contributed by atoms with Gasteiger partial charge in [0.25, 0.3) is 0 Å². The number of allylic oxidation sites excluding steroid dienone is 3. The molecule has 0 aromatic rings. The monoisotopic (exact) mass is 472 g/mol. The second-order valence-electron chi connectivity index (χ2n) is 11.1. The second-order valence-corrected chi connectivity index (χ2v) is 11.1. The van der Waals surface area contributed by atoms with E-state index >= 15 is 0 Å². The maximum Gasteiger partial charge on any atom is 0.324 e. The fourth-order valence-electron chi connectivity index (χ4n) is 7.40. The first-order chi connectivity index (χ1) is 15.5. The van der Waals surface area contributed by atoms with Gasteiger partial charge in [-0.15, -0.1) is 0 Å². The molecular weight excluding hydrogens is 436 g/mol. The first-order valence-corrected chi connectivity index (χ1v) is 11.6. The third-order valence-corrected chi connectivity index (χ3v) is 9.22. The SMILES string of the molecule is C=C(C)C1=CC[C@]2(C)[C@H](C[C@@]3(C)C(=C)[C@]2(C(=O)OC)C(=O)[C@](C)(O)C3=O)[C@@]1(C)CCC(=O)OC. The predicted octanol–water partition coefficient (Wildman–Crippen LogP) is 3.50. The fraction of sp³-hybridized carbons (Fsp3) is 0.630. The van der Waals surface area contributed by atoms with Crippen molar-refractivity contribution in [1.82, 2.24) is 0 Å². The summed E-state index contributed by atoms with van der Waals surface area (Å²) in [5.41, 5.74) is -5.50. The number of Topliss-reactive ketones (excluding diaryl/α,β-unsaturated/α-hetero) is 2. The highest BCUT2D eigenvalue weighted by molar-refractivity contribution is 6.26. The van der Waals surface area contributed by atoms with Crippen molar-refractivity contribution in [3.05, 3.63) is 36.0 Å². The molecule has 1 N–H and O–H groups in total. The van der Waals surface area contributed by atoms with E-state index in [4.69, 9.17) is 9.47 Å². The van der Waals surface area contributed by atoms with Gasteiger partial charge in [-0.25, -0.2) is 0 Å². The van der Waals surface area contributed by atoms with Crippen LogP contribution in [-0.4, -0.2) is 48.4 Å². The molecule has 2 saturated carbocycles. The lowest BCUT2D eigenvalue weighted by atomic mass is 9.33. The Bertz CT molecular complexity index is 1040. The number of aliphatic hydroxyl groups is 1. The molecule has 0 amide bonds. The summed E-state index contributed by atoms with van der Waals surface area (Å²) in [6, 6.07) is 0. The normalized spacial score (nSPS) is 41.4. The van der Waals surface area contributed by atoms with Gasteiger partial charge in [-0.1, -0.05) is 38.7 Å². The maximum atomic E-state index is 14.0. The highest BCUT2D eigenvalue weighted by atomic mass is 16.5. The van der Waals surface area contributed by atoms with Gasteiger partial charge in [0.05, 0.1) is 19.6 Å². The van der Waals surface area contributed by atoms with E-state index in [-0.39, 0.29) is 24.4 Å². The van der Waals surface area contributed by atoms with Crippen LogP contribution in [0.5, 0.6) is 0 Å². The van der Waals surface area contributed by atoms with Crippen molar-refractivity contribution in [2.75, 3.05) is 14.2 Å². The van der Waals surface area contributed by atoms with Gasteiger partial charge in [-0.05, 0) is 62.5 Å². The van der Waals surface area contributed by atoms with Crippen LogP contribution in [0.2, 0.25) is 0 Å². The Morgan fingerprint density at radius 1 is 1.12 bits per heavy atom. The highest BCUT2D eigenvalue weighted by Gasteiger charge is 2.80. The number of carbonyl (C=O) groups is 4. The number of methoxy groups -OCH3 is 2. The molecule has 0 aliphatic heterocycles. The smallest absolute Gasteiger partial charge is 0.324 e. The van der Waals surface area contributed by atoms with Gasteiger partial charge < -0.3 is 14.6 Å². The van der Waals surface area contributed by atoms with Crippen LogP contribution in [0.15, 0.2) is 36.0 Å². The molecule has 186 valence electrons. The van der Waals surface area contributed by atoms with Gasteiger partial charge in [0, 0.05) is 11.8 Å². The minimum Gasteiger partial charge on any atom is -0.469 e. The van der Waals surface area contributed by atoms with Gasteiger partial charge in [-0.2, -0.15) is 0 Å². The highest BCUT2D eigenvalue weighted by Crippen LogP contribution is 2.74. The Kier molecular flexibility index (Phi) is 5.93. The second kappa shape index (κ2) is 7.74. The summed E-state index contributed by atoms with van der Waals surface area (Å²) in [5.74, 6) is -3.16. The van der Waals surface area contributed by atoms with Crippen LogP contribution in [0.25, 0.3) is 0 Å². The largest absolute Gasteiger partial charge is 0.469 e. The lowest BCUT2D eigenvalue weighted by molar-refractivity contribution is -0.200. The average molecular weight is 473 g/mol. The van der Waals surface area contributed by atoms with E-state index in [1.165, 1.54) is 14.2 Å². The lowest BCUT2D eigenvalue weighted by Gasteiger charge is -2.68. The number of hydrogen-bond donors (Lipinski definition) is 1. The molecule has 0 saturated heterocycles. The van der Waals surface area contributed by atoms with E-state index in [0.29, 0.717) is 12.8 Å². The van der Waals surface area contributed by atoms with E-state index in [0.717, 1.165) is 18.1 Å². The molecule has 34 heavy (non-hydrogen) atoms. The van der Waals surface area contributed by atoms with E-state index in [2.05, 4.69) is 13.2 Å². The summed E-state index contributed by atoms with van der Waals surface area (Å²) in [4.78, 5) is 53.3. The third kappa shape index (κ3) is 2.85. The zero-order chi connectivity index (χ0) is 26.1. The van der Waals surface area contributed by atoms with Crippen molar-refractivity contribution < 1.29 is 33.8 Å². The molecule has 0 spiro atoms. The van der Waals surface area contributed by atoms with E-state index in [9.17, 15) is 24.3 Å². The molecule has 0 aromatic heterocycles. The Hall–Kier alpha value is -2.54. The summed E-state index contributed by atoms with van der Waals surface area (Å²) in [7, 11) is 2.52. The average Bonchev–Trinajstić information content (AvgIpc) is 2.77. The number of rotatable bonds is 5. The lowest BCUT2D eigenvalue weighted by Crippen LogP contribution is -2.76. The Balaban J connectivity index is 2.39. The van der Waals surface area contributed by atoms with E-state index in [1.54, 1.807) is 6.92 Å². The number of ether oxygens (including phenoxy) is 2. The zero-order valence-electron chi connectivity index (χ0n) is 21.3. The quantitative estimate of drug-likeness (QED) is 0.371. The molecule has 3 aliphatic rings. The van der Waals surface area contributed by atoms with E-state index < -0.39 is 50.7 Å². The number of hydrogen-bond acceptors (Lipinski definition) is 7. The molecular formula is C27H36O7. The standard InChI is InChI=1S/C27H36O7/c1-15(2)17-10-13-25(6)18(23(17,4)12-11-19(28)33-8)14-24(5)16(3)27(25,22(31)34-9)21(30)26(7,32)20(24)29/h10,18,32H,1,3,11-14H2,2,4-9H3/t18-,23+,24+,25-,26-,27-/m1/s1. The van der Waals surface area contributed by atoms with Crippen LogP contribution in [0, 0.1) is 27.6 Å². The molecule has 2 fully saturated rings. The molecule has 0 radical (unpaired) electrons. The van der Waals surface area contributed by atoms with Gasteiger partial charge in [0.1, 0.15) is 0 Å². The first kappa shape index (κ1) is 26.1. The topological polar surface area (TPSA) is 107 Å². The molecule has 6 atom stereocenters. The fourth-order valence-corrected chi connectivity index (χ4v) is 7.40. The summed E-state index contributed by atoms with van der Waals surface area (Å²) in [5, 5.41) is 11.2. The number of ketones is 2.